The Balaban J connectivity index is 3.11. The summed E-state index contributed by atoms with van der Waals surface area (Å²) in [7, 11) is 0. The summed E-state index contributed by atoms with van der Waals surface area (Å²) in [6.07, 6.45) is -0.937. The highest BCUT2D eigenvalue weighted by Gasteiger charge is 2.30. The van der Waals surface area contributed by atoms with E-state index in [0.29, 0.717) is 5.56 Å². The summed E-state index contributed by atoms with van der Waals surface area (Å²) in [5.74, 6) is -5.94. The molecule has 16 nitrogen and oxygen atoms in total. The fourth-order valence-electron chi connectivity index (χ4n) is 3.61. The van der Waals surface area contributed by atoms with E-state index in [1.165, 1.54) is 0 Å². The predicted molar refractivity (Wildman–Crippen MR) is 147 cm³/mol. The van der Waals surface area contributed by atoms with Crippen LogP contribution in [0.5, 0.6) is 0 Å². The topological polar surface area (TPSA) is 295 Å². The Hall–Kier alpha value is -4.73. The standard InChI is InChI=1S/C25H38N8O8/c26-15(8-10-19(27)34)21(37)31-16(9-11-20(35)36)22(38)33-18(13-14-5-2-1-3-6-14)23(39)32-17(24(40)41)7-4-12-30-25(28)29/h1-3,5-6,15-18H,4,7-13,26H2,(H2,27,34)(H,31,37)(H,32,39)(H,33,38)(H,35,36)(H,40,41)(H4,28,29,30). The molecule has 0 fully saturated rings. The Kier molecular flexibility index (Phi) is 14.9. The molecule has 0 spiro atoms. The average Bonchev–Trinajstić information content (AvgIpc) is 2.90. The summed E-state index contributed by atoms with van der Waals surface area (Å²) in [6.45, 7) is 0.138. The van der Waals surface area contributed by atoms with E-state index >= 15 is 0 Å². The maximum atomic E-state index is 13.2. The Morgan fingerprint density at radius 2 is 1.34 bits per heavy atom. The summed E-state index contributed by atoms with van der Waals surface area (Å²) < 4.78 is 0. The monoisotopic (exact) mass is 578 g/mol. The normalized spacial score (nSPS) is 13.5. The number of carbonyl (C=O) groups is 6. The van der Waals surface area contributed by atoms with Gasteiger partial charge in [0.2, 0.25) is 23.6 Å². The van der Waals surface area contributed by atoms with Crippen LogP contribution in [0.25, 0.3) is 0 Å². The summed E-state index contributed by atoms with van der Waals surface area (Å²) in [6, 6.07) is 3.32. The number of aliphatic carboxylic acids is 2. The number of nitrogens with zero attached hydrogens (tertiary/aromatic N) is 1. The number of carboxylic acids is 2. The largest absolute Gasteiger partial charge is 0.481 e. The second-order valence-corrected chi connectivity index (χ2v) is 9.20. The molecule has 13 N–H and O–H groups in total. The zero-order valence-electron chi connectivity index (χ0n) is 22.5. The number of hydrogen-bond donors (Lipinski definition) is 9. The molecule has 1 aromatic rings. The predicted octanol–water partition coefficient (Wildman–Crippen LogP) is -2.72. The third-order valence-electron chi connectivity index (χ3n) is 5.79. The minimum atomic E-state index is -1.40. The van der Waals surface area contributed by atoms with E-state index in [2.05, 4.69) is 20.9 Å². The molecule has 4 atom stereocenters. The van der Waals surface area contributed by atoms with Crippen molar-refractivity contribution in [2.45, 2.75) is 69.1 Å². The number of nitrogens with two attached hydrogens (primary N) is 4. The summed E-state index contributed by atoms with van der Waals surface area (Å²) in [4.78, 5) is 76.7. The first-order valence-electron chi connectivity index (χ1n) is 12.8. The molecular weight excluding hydrogens is 540 g/mol. The molecule has 0 saturated carbocycles. The van der Waals surface area contributed by atoms with Crippen LogP contribution < -0.4 is 38.9 Å². The number of hydrogen-bond acceptors (Lipinski definition) is 8. The molecule has 1 rings (SSSR count). The number of carboxylic acid groups (broad SMARTS) is 2. The molecule has 0 heterocycles. The molecule has 4 unspecified atom stereocenters. The van der Waals surface area contributed by atoms with Crippen molar-refractivity contribution in [2.24, 2.45) is 27.9 Å². The molecule has 4 amide bonds. The zero-order valence-corrected chi connectivity index (χ0v) is 22.5. The van der Waals surface area contributed by atoms with E-state index in [1.54, 1.807) is 30.3 Å². The molecule has 0 radical (unpaired) electrons. The van der Waals surface area contributed by atoms with Gasteiger partial charge in [-0.1, -0.05) is 30.3 Å². The van der Waals surface area contributed by atoms with Crippen LogP contribution >= 0.6 is 0 Å². The highest BCUT2D eigenvalue weighted by atomic mass is 16.4. The van der Waals surface area contributed by atoms with Gasteiger partial charge in [0.25, 0.3) is 0 Å². The van der Waals surface area contributed by atoms with E-state index in [0.717, 1.165) is 0 Å². The van der Waals surface area contributed by atoms with Gasteiger partial charge in [-0.3, -0.25) is 29.0 Å². The molecular formula is C25H38N8O8. The van der Waals surface area contributed by atoms with Gasteiger partial charge in [-0.2, -0.15) is 0 Å². The van der Waals surface area contributed by atoms with Gasteiger partial charge in [0.05, 0.1) is 6.04 Å². The number of rotatable bonds is 19. The lowest BCUT2D eigenvalue weighted by molar-refractivity contribution is -0.142. The van der Waals surface area contributed by atoms with Crippen molar-refractivity contribution in [1.82, 2.24) is 16.0 Å². The number of aliphatic imine (C=N–C) groups is 1. The maximum absolute atomic E-state index is 13.2. The van der Waals surface area contributed by atoms with Crippen LogP contribution in [0.1, 0.15) is 44.1 Å². The van der Waals surface area contributed by atoms with Crippen molar-refractivity contribution in [3.05, 3.63) is 35.9 Å². The number of amides is 4. The highest BCUT2D eigenvalue weighted by Crippen LogP contribution is 2.08. The average molecular weight is 579 g/mol. The van der Waals surface area contributed by atoms with Gasteiger partial charge in [0.1, 0.15) is 18.1 Å². The first kappa shape index (κ1) is 34.3. The number of nitrogens with one attached hydrogen (secondary N) is 3. The smallest absolute Gasteiger partial charge is 0.326 e. The lowest BCUT2D eigenvalue weighted by Crippen LogP contribution is -2.57. The van der Waals surface area contributed by atoms with E-state index in [4.69, 9.17) is 28.0 Å². The van der Waals surface area contributed by atoms with Gasteiger partial charge in [0, 0.05) is 25.8 Å². The van der Waals surface area contributed by atoms with Crippen molar-refractivity contribution in [3.63, 3.8) is 0 Å². The summed E-state index contributed by atoms with van der Waals surface area (Å²) >= 11 is 0. The third-order valence-corrected chi connectivity index (χ3v) is 5.79. The Morgan fingerprint density at radius 3 is 1.90 bits per heavy atom. The lowest BCUT2D eigenvalue weighted by Gasteiger charge is -2.25. The van der Waals surface area contributed by atoms with Gasteiger partial charge in [-0.05, 0) is 31.2 Å². The second-order valence-electron chi connectivity index (χ2n) is 9.20. The Labute approximate surface area is 236 Å². The molecule has 1 aromatic carbocycles. The van der Waals surface area contributed by atoms with Crippen molar-refractivity contribution in [1.29, 1.82) is 0 Å². The highest BCUT2D eigenvalue weighted by molar-refractivity contribution is 5.94. The summed E-state index contributed by atoms with van der Waals surface area (Å²) in [5, 5.41) is 25.9. The number of carbonyl (C=O) groups excluding carboxylic acids is 4. The van der Waals surface area contributed by atoms with Gasteiger partial charge in [-0.15, -0.1) is 0 Å². The quantitative estimate of drug-likeness (QED) is 0.0461. The van der Waals surface area contributed by atoms with Gasteiger partial charge < -0.3 is 49.1 Å². The first-order valence-corrected chi connectivity index (χ1v) is 12.8. The molecule has 0 bridgehead atoms. The molecule has 0 aliphatic heterocycles. The van der Waals surface area contributed by atoms with Crippen LogP contribution in [0.15, 0.2) is 35.3 Å². The van der Waals surface area contributed by atoms with Crippen molar-refractivity contribution < 1.29 is 39.0 Å². The second kappa shape index (κ2) is 17.8. The number of benzene rings is 1. The van der Waals surface area contributed by atoms with Crippen molar-refractivity contribution in [2.75, 3.05) is 6.54 Å². The fourth-order valence-corrected chi connectivity index (χ4v) is 3.61. The van der Waals surface area contributed by atoms with Crippen LogP contribution in [0, 0.1) is 0 Å². The first-order chi connectivity index (χ1) is 19.3. The summed E-state index contributed by atoms with van der Waals surface area (Å²) in [5.41, 5.74) is 22.0. The van der Waals surface area contributed by atoms with Crippen molar-refractivity contribution >= 4 is 41.5 Å². The Morgan fingerprint density at radius 1 is 0.756 bits per heavy atom. The molecule has 0 aliphatic carbocycles. The molecule has 16 heteroatoms. The fraction of sp³-hybridized carbons (Fsp3) is 0.480. The van der Waals surface area contributed by atoms with Gasteiger partial charge >= 0.3 is 11.9 Å². The number of primary amides is 1. The van der Waals surface area contributed by atoms with E-state index < -0.39 is 66.2 Å². The van der Waals surface area contributed by atoms with Gasteiger partial charge in [0.15, 0.2) is 5.96 Å². The van der Waals surface area contributed by atoms with E-state index in [1.807, 2.05) is 0 Å². The van der Waals surface area contributed by atoms with E-state index in [-0.39, 0.29) is 51.0 Å². The van der Waals surface area contributed by atoms with Crippen LogP contribution in [0.2, 0.25) is 0 Å². The molecule has 0 saturated heterocycles. The third kappa shape index (κ3) is 14.3. The van der Waals surface area contributed by atoms with Crippen LogP contribution in [0.4, 0.5) is 0 Å². The number of guanidine groups is 1. The molecule has 0 aliphatic rings. The van der Waals surface area contributed by atoms with Crippen LogP contribution in [-0.4, -0.2) is 82.5 Å². The zero-order chi connectivity index (χ0) is 30.9. The van der Waals surface area contributed by atoms with Crippen LogP contribution in [0.3, 0.4) is 0 Å². The van der Waals surface area contributed by atoms with E-state index in [9.17, 15) is 33.9 Å². The SMILES string of the molecule is NC(=O)CCC(N)C(=O)NC(CCC(=O)O)C(=O)NC(Cc1ccccc1)C(=O)NC(CCCN=C(N)N)C(=O)O. The minimum absolute atomic E-state index is 0.00958. The molecule has 0 aromatic heterocycles. The Bertz CT molecular complexity index is 1090. The molecule has 41 heavy (non-hydrogen) atoms. The maximum Gasteiger partial charge on any atom is 0.326 e. The lowest BCUT2D eigenvalue weighted by atomic mass is 10.0. The molecule has 226 valence electrons. The minimum Gasteiger partial charge on any atom is -0.481 e. The van der Waals surface area contributed by atoms with Crippen LogP contribution in [-0.2, 0) is 35.2 Å². The van der Waals surface area contributed by atoms with Crippen molar-refractivity contribution in [3.8, 4) is 0 Å². The van der Waals surface area contributed by atoms with Gasteiger partial charge in [-0.25, -0.2) is 4.79 Å².